The molecule has 4 amide bonds. The molecule has 0 N–H and O–H groups in total. The molecule has 0 aliphatic carbocycles. The van der Waals surface area contributed by atoms with Crippen LogP contribution in [-0.2, 0) is 19.1 Å². The van der Waals surface area contributed by atoms with Crippen molar-refractivity contribution < 1.29 is 23.9 Å². The van der Waals surface area contributed by atoms with E-state index < -0.39 is 0 Å². The molecule has 0 spiro atoms. The molecule has 0 aromatic heterocycles. The second-order valence-electron chi connectivity index (χ2n) is 7.33. The number of hydrogen-bond donors (Lipinski definition) is 0. The maximum absolute atomic E-state index is 12.8. The number of likely N-dealkylation sites (tertiary alicyclic amines) is 2. The molecule has 0 aromatic carbocycles. The molecule has 3 saturated heterocycles. The number of carbonyl (C=O) groups is 4. The minimum atomic E-state index is -0.302. The zero-order valence-corrected chi connectivity index (χ0v) is 15.8. The van der Waals surface area contributed by atoms with Crippen molar-refractivity contribution in [2.75, 3.05) is 52.4 Å². The van der Waals surface area contributed by atoms with Gasteiger partial charge in [-0.3, -0.25) is 14.4 Å². The van der Waals surface area contributed by atoms with Crippen LogP contribution in [0.5, 0.6) is 0 Å². The van der Waals surface area contributed by atoms with Crippen LogP contribution in [0, 0.1) is 5.92 Å². The summed E-state index contributed by atoms with van der Waals surface area (Å²) >= 11 is 0. The van der Waals surface area contributed by atoms with Crippen LogP contribution in [0.15, 0.2) is 0 Å². The van der Waals surface area contributed by atoms with Gasteiger partial charge in [0.2, 0.25) is 18.2 Å². The first-order valence-electron chi connectivity index (χ1n) is 9.72. The van der Waals surface area contributed by atoms with E-state index in [-0.39, 0.29) is 36.3 Å². The molecule has 150 valence electrons. The second kappa shape index (κ2) is 8.58. The molecule has 0 saturated carbocycles. The van der Waals surface area contributed by atoms with Crippen molar-refractivity contribution in [2.45, 2.75) is 32.2 Å². The second-order valence-corrected chi connectivity index (χ2v) is 7.33. The van der Waals surface area contributed by atoms with Gasteiger partial charge in [0.1, 0.15) is 0 Å². The number of nitrogens with zero attached hydrogens (tertiary/aromatic N) is 4. The van der Waals surface area contributed by atoms with E-state index in [0.29, 0.717) is 65.3 Å². The van der Waals surface area contributed by atoms with Crippen LogP contribution in [0.2, 0.25) is 0 Å². The Hall–Kier alpha value is -2.32. The molecule has 9 heteroatoms. The fourth-order valence-corrected chi connectivity index (χ4v) is 4.13. The summed E-state index contributed by atoms with van der Waals surface area (Å²) in [7, 11) is 0. The van der Waals surface area contributed by atoms with Gasteiger partial charge in [0, 0.05) is 58.3 Å². The fourth-order valence-electron chi connectivity index (χ4n) is 4.13. The molecule has 3 aliphatic rings. The Kier molecular flexibility index (Phi) is 6.18. The van der Waals surface area contributed by atoms with Crippen molar-refractivity contribution in [3.05, 3.63) is 0 Å². The monoisotopic (exact) mass is 380 g/mol. The first-order chi connectivity index (χ1) is 13.0. The number of amides is 4. The van der Waals surface area contributed by atoms with Gasteiger partial charge < -0.3 is 24.3 Å². The lowest BCUT2D eigenvalue weighted by atomic mass is 10.0. The van der Waals surface area contributed by atoms with E-state index in [9.17, 15) is 19.2 Å². The highest BCUT2D eigenvalue weighted by Gasteiger charge is 2.41. The Labute approximate surface area is 159 Å². The molecule has 0 bridgehead atoms. The summed E-state index contributed by atoms with van der Waals surface area (Å²) in [6.07, 6.45) is 2.19. The predicted octanol–water partition coefficient (Wildman–Crippen LogP) is -0.244. The summed E-state index contributed by atoms with van der Waals surface area (Å²) in [4.78, 5) is 54.8. The van der Waals surface area contributed by atoms with Crippen LogP contribution in [0.25, 0.3) is 0 Å². The van der Waals surface area contributed by atoms with E-state index in [1.807, 2.05) is 4.90 Å². The molecule has 9 nitrogen and oxygen atoms in total. The zero-order chi connectivity index (χ0) is 19.4. The third-order valence-electron chi connectivity index (χ3n) is 5.71. The maximum atomic E-state index is 12.8. The Morgan fingerprint density at radius 3 is 2.33 bits per heavy atom. The lowest BCUT2D eigenvalue weighted by molar-refractivity contribution is -0.139. The first-order valence-corrected chi connectivity index (χ1v) is 9.72. The largest absolute Gasteiger partial charge is 0.450 e. The third-order valence-corrected chi connectivity index (χ3v) is 5.71. The van der Waals surface area contributed by atoms with Crippen molar-refractivity contribution in [3.8, 4) is 0 Å². The van der Waals surface area contributed by atoms with E-state index in [1.165, 1.54) is 0 Å². The van der Waals surface area contributed by atoms with Gasteiger partial charge in [-0.25, -0.2) is 4.79 Å². The van der Waals surface area contributed by atoms with Crippen LogP contribution >= 0.6 is 0 Å². The summed E-state index contributed by atoms with van der Waals surface area (Å²) in [5.74, 6) is -0.266. The number of carbonyl (C=O) groups excluding carboxylic acids is 4. The van der Waals surface area contributed by atoms with E-state index in [4.69, 9.17) is 4.74 Å². The van der Waals surface area contributed by atoms with E-state index in [0.717, 1.165) is 6.41 Å². The minimum absolute atomic E-state index is 0.0142. The third kappa shape index (κ3) is 4.33. The maximum Gasteiger partial charge on any atom is 0.409 e. The van der Waals surface area contributed by atoms with Gasteiger partial charge in [0.15, 0.2) is 0 Å². The Morgan fingerprint density at radius 2 is 1.74 bits per heavy atom. The predicted molar refractivity (Wildman–Crippen MR) is 95.7 cm³/mol. The fraction of sp³-hybridized carbons (Fsp3) is 0.778. The van der Waals surface area contributed by atoms with Gasteiger partial charge in [-0.15, -0.1) is 0 Å². The Bertz CT molecular complexity index is 582. The average Bonchev–Trinajstić information content (AvgIpc) is 3.09. The molecular weight excluding hydrogens is 352 g/mol. The van der Waals surface area contributed by atoms with E-state index >= 15 is 0 Å². The summed E-state index contributed by atoms with van der Waals surface area (Å²) in [5.41, 5.74) is 0. The summed E-state index contributed by atoms with van der Waals surface area (Å²) in [5, 5.41) is 0. The number of hydrogen-bond acceptors (Lipinski definition) is 5. The van der Waals surface area contributed by atoms with Gasteiger partial charge >= 0.3 is 6.09 Å². The van der Waals surface area contributed by atoms with Gasteiger partial charge in [0.25, 0.3) is 0 Å². The summed E-state index contributed by atoms with van der Waals surface area (Å²) in [6.45, 7) is 5.88. The average molecular weight is 380 g/mol. The topological polar surface area (TPSA) is 90.5 Å². The standard InChI is InChI=1S/C18H28N4O5/c1-2-27-18(26)21-5-3-15(4-6-21)22-12-14(11-16(22)24)17(25)20-9-7-19(13-23)8-10-20/h13-15H,2-12H2,1H3. The smallest absolute Gasteiger partial charge is 0.409 e. The number of ether oxygens (including phenoxy) is 1. The number of piperidine rings is 1. The van der Waals surface area contributed by atoms with Crippen molar-refractivity contribution in [1.82, 2.24) is 19.6 Å². The van der Waals surface area contributed by atoms with E-state index in [1.54, 1.807) is 21.6 Å². The highest BCUT2D eigenvalue weighted by molar-refractivity contribution is 5.89. The molecular formula is C18H28N4O5. The van der Waals surface area contributed by atoms with Crippen LogP contribution in [0.4, 0.5) is 4.79 Å². The van der Waals surface area contributed by atoms with Crippen molar-refractivity contribution in [3.63, 3.8) is 0 Å². The lowest BCUT2D eigenvalue weighted by Crippen LogP contribution is -2.50. The minimum Gasteiger partial charge on any atom is -0.450 e. The number of rotatable bonds is 4. The first kappa shape index (κ1) is 19.4. The molecule has 3 heterocycles. The summed E-state index contributed by atoms with van der Waals surface area (Å²) < 4.78 is 5.03. The lowest BCUT2D eigenvalue weighted by Gasteiger charge is -2.36. The molecule has 3 rings (SSSR count). The van der Waals surface area contributed by atoms with Crippen LogP contribution in [0.3, 0.4) is 0 Å². The highest BCUT2D eigenvalue weighted by Crippen LogP contribution is 2.27. The van der Waals surface area contributed by atoms with Gasteiger partial charge in [-0.2, -0.15) is 0 Å². The van der Waals surface area contributed by atoms with Gasteiger partial charge in [-0.1, -0.05) is 0 Å². The van der Waals surface area contributed by atoms with Crippen molar-refractivity contribution in [1.29, 1.82) is 0 Å². The highest BCUT2D eigenvalue weighted by atomic mass is 16.6. The molecule has 27 heavy (non-hydrogen) atoms. The molecule has 0 radical (unpaired) electrons. The molecule has 1 atom stereocenters. The molecule has 1 unspecified atom stereocenters. The molecule has 3 fully saturated rings. The van der Waals surface area contributed by atoms with Crippen LogP contribution in [0.1, 0.15) is 26.2 Å². The Morgan fingerprint density at radius 1 is 1.07 bits per heavy atom. The normalized spacial score (nSPS) is 24.3. The zero-order valence-electron chi connectivity index (χ0n) is 15.8. The summed E-state index contributed by atoms with van der Waals surface area (Å²) in [6, 6.07) is 0.0767. The van der Waals surface area contributed by atoms with Gasteiger partial charge in [-0.05, 0) is 19.8 Å². The quantitative estimate of drug-likeness (QED) is 0.628. The Balaban J connectivity index is 1.50. The van der Waals surface area contributed by atoms with Crippen LogP contribution < -0.4 is 0 Å². The number of piperazine rings is 1. The van der Waals surface area contributed by atoms with Gasteiger partial charge in [0.05, 0.1) is 12.5 Å². The molecule has 0 aromatic rings. The van der Waals surface area contributed by atoms with Crippen molar-refractivity contribution >= 4 is 24.3 Å². The van der Waals surface area contributed by atoms with Crippen LogP contribution in [-0.4, -0.2) is 102 Å². The SMILES string of the molecule is CCOC(=O)N1CCC(N2CC(C(=O)N3CCN(C=O)CC3)CC2=O)CC1. The van der Waals surface area contributed by atoms with E-state index in [2.05, 4.69) is 0 Å². The molecule has 3 aliphatic heterocycles. The van der Waals surface area contributed by atoms with Crippen molar-refractivity contribution in [2.24, 2.45) is 5.92 Å².